The first kappa shape index (κ1) is 27.6. The molecule has 198 valence electrons. The second-order valence-corrected chi connectivity index (χ2v) is 11.3. The monoisotopic (exact) mass is 550 g/mol. The number of carbonyl (C=O) groups excluding carboxylic acids is 1. The number of hydrogen-bond acceptors (Lipinski definition) is 7. The van der Waals surface area contributed by atoms with Crippen molar-refractivity contribution < 1.29 is 17.9 Å². The van der Waals surface area contributed by atoms with Gasteiger partial charge in [-0.1, -0.05) is 80.2 Å². The molecule has 0 radical (unpaired) electrons. The van der Waals surface area contributed by atoms with Gasteiger partial charge in [0.05, 0.1) is 29.9 Å². The molecular weight excluding hydrogens is 520 g/mol. The van der Waals surface area contributed by atoms with Gasteiger partial charge in [0.25, 0.3) is 0 Å². The normalized spacial score (nSPS) is 11.6. The third-order valence-corrected chi connectivity index (χ3v) is 9.09. The number of para-hydroxylation sites is 1. The molecule has 4 aromatic rings. The first-order valence-corrected chi connectivity index (χ1v) is 14.7. The van der Waals surface area contributed by atoms with E-state index in [9.17, 15) is 13.2 Å². The fraction of sp³-hybridized carbons (Fsp3) is 0.250. The molecule has 0 aliphatic heterocycles. The molecule has 0 atom stereocenters. The van der Waals surface area contributed by atoms with E-state index >= 15 is 0 Å². The Bertz CT molecular complexity index is 1500. The summed E-state index contributed by atoms with van der Waals surface area (Å²) >= 11 is 1.28. The molecule has 0 bridgehead atoms. The maximum Gasteiger partial charge on any atom is 0.243 e. The summed E-state index contributed by atoms with van der Waals surface area (Å²) in [5, 5.41) is 9.37. The molecule has 0 amide bonds. The summed E-state index contributed by atoms with van der Waals surface area (Å²) in [7, 11) is -2.10. The molecule has 1 aromatic heterocycles. The summed E-state index contributed by atoms with van der Waals surface area (Å²) in [4.78, 5) is 13.2. The fourth-order valence-corrected chi connectivity index (χ4v) is 6.43. The molecule has 0 N–H and O–H groups in total. The van der Waals surface area contributed by atoms with Crippen LogP contribution in [0.4, 0.5) is 0 Å². The van der Waals surface area contributed by atoms with Crippen LogP contribution in [0.2, 0.25) is 0 Å². The van der Waals surface area contributed by atoms with Crippen LogP contribution in [0.1, 0.15) is 29.8 Å². The van der Waals surface area contributed by atoms with Gasteiger partial charge in [-0.15, -0.1) is 10.2 Å². The van der Waals surface area contributed by atoms with E-state index in [2.05, 4.69) is 10.2 Å². The predicted octanol–water partition coefficient (Wildman–Crippen LogP) is 5.01. The summed E-state index contributed by atoms with van der Waals surface area (Å²) in [5.74, 6) is 1.10. The Morgan fingerprint density at radius 1 is 0.947 bits per heavy atom. The van der Waals surface area contributed by atoms with E-state index in [1.807, 2.05) is 60.9 Å². The van der Waals surface area contributed by atoms with Crippen LogP contribution in [-0.4, -0.2) is 59.2 Å². The smallest absolute Gasteiger partial charge is 0.243 e. The van der Waals surface area contributed by atoms with E-state index in [-0.39, 0.29) is 16.4 Å². The molecule has 0 unspecified atom stereocenters. The van der Waals surface area contributed by atoms with Crippen LogP contribution < -0.4 is 4.74 Å². The summed E-state index contributed by atoms with van der Waals surface area (Å²) < 4.78 is 35.0. The number of carbonyl (C=O) groups is 1. The Kier molecular flexibility index (Phi) is 8.98. The predicted molar refractivity (Wildman–Crippen MR) is 149 cm³/mol. The number of nitrogens with zero attached hydrogens (tertiary/aromatic N) is 4. The van der Waals surface area contributed by atoms with E-state index in [1.54, 1.807) is 36.4 Å². The zero-order valence-corrected chi connectivity index (χ0v) is 23.2. The minimum Gasteiger partial charge on any atom is -0.496 e. The van der Waals surface area contributed by atoms with Crippen molar-refractivity contribution in [2.45, 2.75) is 30.4 Å². The quantitative estimate of drug-likeness (QED) is 0.181. The number of sulfonamides is 1. The van der Waals surface area contributed by atoms with Gasteiger partial charge in [-0.2, -0.15) is 4.31 Å². The SMILES string of the molecule is CCN(CC)S(=O)(=O)c1cccc(-c2nnc(SCC(=O)c3ccccc3OC)n2Cc2ccccc2)c1. The minimum absolute atomic E-state index is 0.0874. The number of ketones is 1. The minimum atomic E-state index is -3.64. The Hall–Kier alpha value is -3.47. The van der Waals surface area contributed by atoms with Gasteiger partial charge >= 0.3 is 0 Å². The lowest BCUT2D eigenvalue weighted by Crippen LogP contribution is -2.30. The molecule has 4 rings (SSSR count). The van der Waals surface area contributed by atoms with E-state index in [0.29, 0.717) is 47.5 Å². The number of hydrogen-bond donors (Lipinski definition) is 0. The molecular formula is C28H30N4O4S2. The Balaban J connectivity index is 1.69. The average molecular weight is 551 g/mol. The van der Waals surface area contributed by atoms with Crippen LogP contribution in [0.5, 0.6) is 5.75 Å². The highest BCUT2D eigenvalue weighted by Gasteiger charge is 2.24. The van der Waals surface area contributed by atoms with E-state index in [4.69, 9.17) is 4.74 Å². The van der Waals surface area contributed by atoms with Crippen LogP contribution in [0.3, 0.4) is 0 Å². The van der Waals surface area contributed by atoms with Crippen molar-refractivity contribution >= 4 is 27.6 Å². The Morgan fingerprint density at radius 2 is 1.66 bits per heavy atom. The summed E-state index contributed by atoms with van der Waals surface area (Å²) in [5.41, 5.74) is 2.16. The first-order valence-electron chi connectivity index (χ1n) is 12.3. The zero-order valence-electron chi connectivity index (χ0n) is 21.6. The van der Waals surface area contributed by atoms with Gasteiger partial charge in [-0.05, 0) is 29.8 Å². The van der Waals surface area contributed by atoms with Crippen LogP contribution in [-0.2, 0) is 16.6 Å². The van der Waals surface area contributed by atoms with Crippen molar-refractivity contribution in [1.82, 2.24) is 19.1 Å². The van der Waals surface area contributed by atoms with E-state index in [0.717, 1.165) is 5.56 Å². The molecule has 3 aromatic carbocycles. The maximum absolute atomic E-state index is 13.2. The second-order valence-electron chi connectivity index (χ2n) is 8.41. The first-order chi connectivity index (χ1) is 18.4. The van der Waals surface area contributed by atoms with Crippen LogP contribution in [0.15, 0.2) is 88.9 Å². The molecule has 0 aliphatic carbocycles. The van der Waals surface area contributed by atoms with Crippen molar-refractivity contribution in [3.05, 3.63) is 90.0 Å². The third-order valence-electron chi connectivity index (χ3n) is 6.08. The van der Waals surface area contributed by atoms with Gasteiger partial charge < -0.3 is 4.74 Å². The number of benzene rings is 3. The van der Waals surface area contributed by atoms with Gasteiger partial charge in [0.2, 0.25) is 10.0 Å². The maximum atomic E-state index is 13.2. The van der Waals surface area contributed by atoms with Crippen molar-refractivity contribution in [2.75, 3.05) is 26.0 Å². The molecule has 0 spiro atoms. The van der Waals surface area contributed by atoms with E-state index < -0.39 is 10.0 Å². The highest BCUT2D eigenvalue weighted by Crippen LogP contribution is 2.29. The summed E-state index contributed by atoms with van der Waals surface area (Å²) in [6.45, 7) is 4.86. The fourth-order valence-electron chi connectivity index (χ4n) is 4.11. The second kappa shape index (κ2) is 12.4. The summed E-state index contributed by atoms with van der Waals surface area (Å²) in [6.07, 6.45) is 0. The zero-order chi connectivity index (χ0) is 27.1. The molecule has 8 nitrogen and oxygen atoms in total. The van der Waals surface area contributed by atoms with Crippen LogP contribution in [0, 0.1) is 0 Å². The van der Waals surface area contributed by atoms with Gasteiger partial charge in [-0.3, -0.25) is 9.36 Å². The van der Waals surface area contributed by atoms with E-state index in [1.165, 1.54) is 23.2 Å². The summed E-state index contributed by atoms with van der Waals surface area (Å²) in [6, 6.07) is 23.7. The highest BCUT2D eigenvalue weighted by atomic mass is 32.2. The molecule has 1 heterocycles. The standard InChI is InChI=1S/C28H30N4O4S2/c1-4-31(5-2)38(34,35)23-15-11-14-22(18-23)27-29-30-28(32(27)19-21-12-7-6-8-13-21)37-20-25(33)24-16-9-10-17-26(24)36-3/h6-18H,4-5,19-20H2,1-3H3. The molecule has 38 heavy (non-hydrogen) atoms. The van der Waals surface area contributed by atoms with Gasteiger partial charge in [-0.25, -0.2) is 8.42 Å². The lowest BCUT2D eigenvalue weighted by molar-refractivity contribution is 0.101. The number of thioether (sulfide) groups is 1. The molecule has 0 fully saturated rings. The van der Waals surface area contributed by atoms with Crippen molar-refractivity contribution in [3.8, 4) is 17.1 Å². The van der Waals surface area contributed by atoms with Gasteiger partial charge in [0.15, 0.2) is 16.8 Å². The third kappa shape index (κ3) is 5.98. The van der Waals surface area contributed by atoms with Crippen LogP contribution >= 0.6 is 11.8 Å². The number of Topliss-reactive ketones (excluding diaryl/α,β-unsaturated/α-hetero) is 1. The average Bonchev–Trinajstić information content (AvgIpc) is 3.35. The lowest BCUT2D eigenvalue weighted by atomic mass is 10.1. The Labute approximate surface area is 227 Å². The number of ether oxygens (including phenoxy) is 1. The van der Waals surface area contributed by atoms with Crippen molar-refractivity contribution in [2.24, 2.45) is 0 Å². The molecule has 0 aliphatic rings. The molecule has 10 heteroatoms. The van der Waals surface area contributed by atoms with Crippen LogP contribution in [0.25, 0.3) is 11.4 Å². The highest BCUT2D eigenvalue weighted by molar-refractivity contribution is 7.99. The number of aromatic nitrogens is 3. The Morgan fingerprint density at radius 3 is 2.37 bits per heavy atom. The topological polar surface area (TPSA) is 94.4 Å². The van der Waals surface area contributed by atoms with Crippen molar-refractivity contribution in [3.63, 3.8) is 0 Å². The molecule has 0 saturated heterocycles. The van der Waals surface area contributed by atoms with Gasteiger partial charge in [0.1, 0.15) is 5.75 Å². The largest absolute Gasteiger partial charge is 0.496 e. The number of methoxy groups -OCH3 is 1. The number of rotatable bonds is 12. The molecule has 0 saturated carbocycles. The van der Waals surface area contributed by atoms with Gasteiger partial charge in [0, 0.05) is 18.7 Å². The lowest BCUT2D eigenvalue weighted by Gasteiger charge is -2.19. The van der Waals surface area contributed by atoms with Crippen molar-refractivity contribution in [1.29, 1.82) is 0 Å².